The van der Waals surface area contributed by atoms with Gasteiger partial charge in [0, 0.05) is 13.2 Å². The van der Waals surface area contributed by atoms with Crippen LogP contribution in [0.15, 0.2) is 0 Å². The van der Waals surface area contributed by atoms with Crippen LogP contribution in [0, 0.1) is 0 Å². The van der Waals surface area contributed by atoms with Crippen LogP contribution in [0.4, 0.5) is 0 Å². The van der Waals surface area contributed by atoms with E-state index < -0.39 is 6.10 Å². The zero-order chi connectivity index (χ0) is 16.3. The summed E-state index contributed by atoms with van der Waals surface area (Å²) in [5.74, 6) is 0. The molecule has 21 heavy (non-hydrogen) atoms. The van der Waals surface area contributed by atoms with Crippen molar-refractivity contribution >= 4 is 0 Å². The second-order valence-electron chi connectivity index (χ2n) is 5.11. The third-order valence-corrected chi connectivity index (χ3v) is 2.54. The maximum atomic E-state index is 8.69. The molecule has 130 valence electrons. The van der Waals surface area contributed by atoms with Gasteiger partial charge in [0.2, 0.25) is 0 Å². The minimum Gasteiger partial charge on any atom is -0.394 e. The lowest BCUT2D eigenvalue weighted by Crippen LogP contribution is -2.19. The molecule has 0 aromatic rings. The number of rotatable bonds is 13. The Labute approximate surface area is 130 Å². The molecule has 2 unspecified atom stereocenters. The van der Waals surface area contributed by atoms with Crippen molar-refractivity contribution in [3.8, 4) is 0 Å². The first-order chi connectivity index (χ1) is 10.1. The molecule has 0 radical (unpaired) electrons. The molecule has 0 bridgehead atoms. The summed E-state index contributed by atoms with van der Waals surface area (Å²) in [6.07, 6.45) is 4.12. The summed E-state index contributed by atoms with van der Waals surface area (Å²) in [5.41, 5.74) is 0. The second kappa shape index (κ2) is 19.8. The van der Waals surface area contributed by atoms with Gasteiger partial charge in [-0.25, -0.2) is 0 Å². The standard InChI is InChI=1S/C10H22O2.C6H14O3/c1-3-5-7-11-9-10-12-8-6-4-2;1-5(8)4-9-6(2)3-7/h3-10H2,1-2H3;5-8H,3-4H2,1-2H3. The molecule has 0 spiro atoms. The first kappa shape index (κ1) is 23.1. The monoisotopic (exact) mass is 308 g/mol. The predicted molar refractivity (Wildman–Crippen MR) is 85.6 cm³/mol. The number of hydrogen-bond donors (Lipinski definition) is 2. The molecular weight excluding hydrogens is 272 g/mol. The molecule has 5 heteroatoms. The molecule has 0 aliphatic rings. The highest BCUT2D eigenvalue weighted by atomic mass is 16.5. The molecule has 0 aliphatic heterocycles. The normalized spacial score (nSPS) is 13.4. The van der Waals surface area contributed by atoms with Gasteiger partial charge in [-0.2, -0.15) is 0 Å². The molecule has 0 fully saturated rings. The minimum atomic E-state index is -0.445. The van der Waals surface area contributed by atoms with E-state index in [-0.39, 0.29) is 12.7 Å². The zero-order valence-electron chi connectivity index (χ0n) is 14.3. The minimum absolute atomic E-state index is 0.00667. The van der Waals surface area contributed by atoms with Crippen molar-refractivity contribution in [1.82, 2.24) is 0 Å². The second-order valence-corrected chi connectivity index (χ2v) is 5.11. The SMILES string of the molecule is CC(O)COC(C)CO.CCCCOCCOCCCC. The fourth-order valence-corrected chi connectivity index (χ4v) is 1.17. The van der Waals surface area contributed by atoms with Gasteiger partial charge in [0.15, 0.2) is 0 Å². The van der Waals surface area contributed by atoms with Gasteiger partial charge in [-0.15, -0.1) is 0 Å². The van der Waals surface area contributed by atoms with E-state index in [4.69, 9.17) is 24.4 Å². The molecule has 0 amide bonds. The van der Waals surface area contributed by atoms with E-state index in [0.29, 0.717) is 6.61 Å². The number of unbranched alkanes of at least 4 members (excludes halogenated alkanes) is 2. The van der Waals surface area contributed by atoms with Crippen LogP contribution in [0.3, 0.4) is 0 Å². The summed E-state index contributed by atoms with van der Waals surface area (Å²) in [6, 6.07) is 0. The maximum Gasteiger partial charge on any atom is 0.0779 e. The molecule has 2 atom stereocenters. The third-order valence-electron chi connectivity index (χ3n) is 2.54. The van der Waals surface area contributed by atoms with Gasteiger partial charge in [0.25, 0.3) is 0 Å². The van der Waals surface area contributed by atoms with Crippen LogP contribution < -0.4 is 0 Å². The van der Waals surface area contributed by atoms with Crippen molar-refractivity contribution in [3.05, 3.63) is 0 Å². The van der Waals surface area contributed by atoms with Crippen molar-refractivity contribution in [2.24, 2.45) is 0 Å². The number of aliphatic hydroxyl groups is 2. The lowest BCUT2D eigenvalue weighted by molar-refractivity contribution is -0.0177. The molecule has 0 rings (SSSR count). The topological polar surface area (TPSA) is 68.2 Å². The molecule has 0 saturated carbocycles. The number of aliphatic hydroxyl groups excluding tert-OH is 2. The van der Waals surface area contributed by atoms with Gasteiger partial charge in [-0.1, -0.05) is 26.7 Å². The van der Waals surface area contributed by atoms with Crippen LogP contribution in [0.25, 0.3) is 0 Å². The van der Waals surface area contributed by atoms with Crippen LogP contribution >= 0.6 is 0 Å². The van der Waals surface area contributed by atoms with Gasteiger partial charge in [-0.05, 0) is 26.7 Å². The van der Waals surface area contributed by atoms with E-state index >= 15 is 0 Å². The van der Waals surface area contributed by atoms with Crippen LogP contribution in [0.2, 0.25) is 0 Å². The van der Waals surface area contributed by atoms with E-state index in [1.54, 1.807) is 13.8 Å². The van der Waals surface area contributed by atoms with Crippen LogP contribution in [0.5, 0.6) is 0 Å². The fourth-order valence-electron chi connectivity index (χ4n) is 1.17. The Hall–Kier alpha value is -0.200. The number of ether oxygens (including phenoxy) is 3. The highest BCUT2D eigenvalue weighted by Gasteiger charge is 2.00. The highest BCUT2D eigenvalue weighted by Crippen LogP contribution is 1.91. The summed E-state index contributed by atoms with van der Waals surface area (Å²) in [4.78, 5) is 0. The Kier molecular flexibility index (Phi) is 21.8. The van der Waals surface area contributed by atoms with Crippen molar-refractivity contribution < 1.29 is 24.4 Å². The third kappa shape index (κ3) is 25.1. The van der Waals surface area contributed by atoms with E-state index in [2.05, 4.69) is 13.8 Å². The predicted octanol–water partition coefficient (Wildman–Crippen LogP) is 2.38. The van der Waals surface area contributed by atoms with Gasteiger partial charge >= 0.3 is 0 Å². The highest BCUT2D eigenvalue weighted by molar-refractivity contribution is 4.47. The van der Waals surface area contributed by atoms with E-state index in [9.17, 15) is 0 Å². The van der Waals surface area contributed by atoms with Crippen molar-refractivity contribution in [2.45, 2.75) is 65.6 Å². The molecule has 0 aromatic carbocycles. The molecule has 0 saturated heterocycles. The summed E-state index contributed by atoms with van der Waals surface area (Å²) >= 11 is 0. The van der Waals surface area contributed by atoms with Gasteiger partial charge in [0.1, 0.15) is 0 Å². The molecule has 2 N–H and O–H groups in total. The smallest absolute Gasteiger partial charge is 0.0779 e. The van der Waals surface area contributed by atoms with Crippen LogP contribution in [-0.4, -0.2) is 62.1 Å². The molecule has 0 aliphatic carbocycles. The van der Waals surface area contributed by atoms with E-state index in [1.807, 2.05) is 0 Å². The molecule has 5 nitrogen and oxygen atoms in total. The quantitative estimate of drug-likeness (QED) is 0.511. The van der Waals surface area contributed by atoms with Crippen molar-refractivity contribution in [2.75, 3.05) is 39.6 Å². The lowest BCUT2D eigenvalue weighted by atomic mass is 10.4. The van der Waals surface area contributed by atoms with Crippen LogP contribution in [-0.2, 0) is 14.2 Å². The average molecular weight is 308 g/mol. The van der Waals surface area contributed by atoms with Gasteiger partial charge in [0.05, 0.1) is 38.6 Å². The zero-order valence-corrected chi connectivity index (χ0v) is 14.3. The van der Waals surface area contributed by atoms with E-state index in [1.165, 1.54) is 12.8 Å². The lowest BCUT2D eigenvalue weighted by Gasteiger charge is -2.10. The molecule has 0 aromatic heterocycles. The molecule has 0 heterocycles. The van der Waals surface area contributed by atoms with Crippen molar-refractivity contribution in [3.63, 3.8) is 0 Å². The summed E-state index contributed by atoms with van der Waals surface area (Å²) in [6.45, 7) is 11.3. The van der Waals surface area contributed by atoms with Crippen molar-refractivity contribution in [1.29, 1.82) is 0 Å². The maximum absolute atomic E-state index is 8.69. The summed E-state index contributed by atoms with van der Waals surface area (Å²) in [7, 11) is 0. The first-order valence-corrected chi connectivity index (χ1v) is 8.14. The number of hydrogen-bond acceptors (Lipinski definition) is 5. The summed E-state index contributed by atoms with van der Waals surface area (Å²) < 4.78 is 15.6. The Bertz CT molecular complexity index is 166. The van der Waals surface area contributed by atoms with Crippen LogP contribution in [0.1, 0.15) is 53.4 Å². The van der Waals surface area contributed by atoms with Gasteiger partial charge in [-0.3, -0.25) is 0 Å². The summed E-state index contributed by atoms with van der Waals surface area (Å²) in [5, 5.41) is 17.1. The largest absolute Gasteiger partial charge is 0.394 e. The average Bonchev–Trinajstić information content (AvgIpc) is 2.48. The van der Waals surface area contributed by atoms with Gasteiger partial charge < -0.3 is 24.4 Å². The Morgan fingerprint density at radius 3 is 1.67 bits per heavy atom. The Balaban J connectivity index is 0. The molecular formula is C16H36O5. The Morgan fingerprint density at radius 2 is 1.33 bits per heavy atom. The van der Waals surface area contributed by atoms with E-state index in [0.717, 1.165) is 39.3 Å². The fraction of sp³-hybridized carbons (Fsp3) is 1.00. The first-order valence-electron chi connectivity index (χ1n) is 8.14. The Morgan fingerprint density at radius 1 is 0.857 bits per heavy atom.